The first kappa shape index (κ1) is 14.3. The van der Waals surface area contributed by atoms with Gasteiger partial charge in [0.25, 0.3) is 5.69 Å². The molecule has 0 spiro atoms. The highest BCUT2D eigenvalue weighted by molar-refractivity contribution is 9.09. The van der Waals surface area contributed by atoms with Crippen LogP contribution in [0.1, 0.15) is 32.6 Å². The number of benzene rings is 1. The van der Waals surface area contributed by atoms with Crippen LogP contribution in [0.15, 0.2) is 24.3 Å². The van der Waals surface area contributed by atoms with Crippen LogP contribution in [0.25, 0.3) is 0 Å². The zero-order chi connectivity index (χ0) is 13.8. The van der Waals surface area contributed by atoms with Gasteiger partial charge in [-0.3, -0.25) is 10.1 Å². The Morgan fingerprint density at radius 1 is 1.32 bits per heavy atom. The number of hydrogen-bond acceptors (Lipinski definition) is 3. The number of halogens is 1. The van der Waals surface area contributed by atoms with Gasteiger partial charge >= 0.3 is 0 Å². The van der Waals surface area contributed by atoms with Gasteiger partial charge < -0.3 is 4.90 Å². The van der Waals surface area contributed by atoms with Gasteiger partial charge in [-0.1, -0.05) is 28.1 Å². The SMILES string of the molecule is CCN(c1ccccc1[N+](=O)[O-])C1CCC(Br)CC1. The molecule has 19 heavy (non-hydrogen) atoms. The molecular weight excluding hydrogens is 308 g/mol. The molecule has 4 nitrogen and oxygen atoms in total. The molecule has 1 aromatic carbocycles. The van der Waals surface area contributed by atoms with Crippen LogP contribution in [-0.4, -0.2) is 22.3 Å². The van der Waals surface area contributed by atoms with Crippen molar-refractivity contribution in [2.24, 2.45) is 0 Å². The Bertz CT molecular complexity index is 445. The highest BCUT2D eigenvalue weighted by Gasteiger charge is 2.27. The second-order valence-electron chi connectivity index (χ2n) is 4.94. The summed E-state index contributed by atoms with van der Waals surface area (Å²) in [6, 6.07) is 7.47. The van der Waals surface area contributed by atoms with Crippen LogP contribution >= 0.6 is 15.9 Å². The summed E-state index contributed by atoms with van der Waals surface area (Å²) in [7, 11) is 0. The normalized spacial score (nSPS) is 23.1. The van der Waals surface area contributed by atoms with E-state index in [0.717, 1.165) is 37.9 Å². The van der Waals surface area contributed by atoms with Crippen molar-refractivity contribution in [2.75, 3.05) is 11.4 Å². The van der Waals surface area contributed by atoms with E-state index in [1.165, 1.54) is 0 Å². The summed E-state index contributed by atoms with van der Waals surface area (Å²) in [6.07, 6.45) is 4.47. The predicted octanol–water partition coefficient (Wildman–Crippen LogP) is 4.13. The fraction of sp³-hybridized carbons (Fsp3) is 0.571. The molecule has 1 aliphatic carbocycles. The van der Waals surface area contributed by atoms with Crippen LogP contribution in [0.2, 0.25) is 0 Å². The monoisotopic (exact) mass is 326 g/mol. The van der Waals surface area contributed by atoms with E-state index in [0.29, 0.717) is 10.9 Å². The summed E-state index contributed by atoms with van der Waals surface area (Å²) in [5.41, 5.74) is 0.971. The van der Waals surface area contributed by atoms with Gasteiger partial charge in [0, 0.05) is 23.5 Å². The molecular formula is C14H19BrN2O2. The maximum atomic E-state index is 11.1. The maximum absolute atomic E-state index is 11.1. The van der Waals surface area contributed by atoms with E-state index >= 15 is 0 Å². The molecule has 0 aromatic heterocycles. The fourth-order valence-electron chi connectivity index (χ4n) is 2.83. The lowest BCUT2D eigenvalue weighted by molar-refractivity contribution is -0.384. The third-order valence-corrected chi connectivity index (χ3v) is 4.71. The fourth-order valence-corrected chi connectivity index (χ4v) is 3.36. The summed E-state index contributed by atoms with van der Waals surface area (Å²) in [5, 5.41) is 11.1. The molecule has 104 valence electrons. The van der Waals surface area contributed by atoms with Gasteiger partial charge in [-0.15, -0.1) is 0 Å². The summed E-state index contributed by atoms with van der Waals surface area (Å²) < 4.78 is 0. The lowest BCUT2D eigenvalue weighted by Crippen LogP contribution is -2.38. The predicted molar refractivity (Wildman–Crippen MR) is 81.1 cm³/mol. The van der Waals surface area contributed by atoms with Crippen LogP contribution in [0, 0.1) is 10.1 Å². The van der Waals surface area contributed by atoms with Gasteiger partial charge in [-0.25, -0.2) is 0 Å². The quantitative estimate of drug-likeness (QED) is 0.475. The average Bonchev–Trinajstić information content (AvgIpc) is 2.42. The van der Waals surface area contributed by atoms with E-state index in [1.807, 2.05) is 12.1 Å². The van der Waals surface area contributed by atoms with Crippen molar-refractivity contribution in [2.45, 2.75) is 43.5 Å². The van der Waals surface area contributed by atoms with Gasteiger partial charge in [-0.05, 0) is 38.7 Å². The Kier molecular flexibility index (Phi) is 4.80. The smallest absolute Gasteiger partial charge is 0.292 e. The van der Waals surface area contributed by atoms with Crippen molar-refractivity contribution in [3.8, 4) is 0 Å². The topological polar surface area (TPSA) is 46.4 Å². The minimum absolute atomic E-state index is 0.213. The number of anilines is 1. The summed E-state index contributed by atoms with van der Waals surface area (Å²) in [4.78, 5) is 13.7. The molecule has 2 rings (SSSR count). The Morgan fingerprint density at radius 2 is 1.95 bits per heavy atom. The first-order valence-electron chi connectivity index (χ1n) is 6.77. The highest BCUT2D eigenvalue weighted by atomic mass is 79.9. The third-order valence-electron chi connectivity index (χ3n) is 3.80. The van der Waals surface area contributed by atoms with Gasteiger partial charge in [-0.2, -0.15) is 0 Å². The van der Waals surface area contributed by atoms with E-state index in [4.69, 9.17) is 0 Å². The molecule has 0 aliphatic heterocycles. The summed E-state index contributed by atoms with van der Waals surface area (Å²) in [5.74, 6) is 0. The number of rotatable bonds is 4. The molecule has 5 heteroatoms. The van der Waals surface area contributed by atoms with E-state index in [1.54, 1.807) is 12.1 Å². The van der Waals surface area contributed by atoms with Crippen molar-refractivity contribution in [3.05, 3.63) is 34.4 Å². The van der Waals surface area contributed by atoms with Crippen LogP contribution < -0.4 is 4.90 Å². The Labute approximate surface area is 122 Å². The molecule has 0 atom stereocenters. The minimum Gasteiger partial charge on any atom is -0.363 e. The highest BCUT2D eigenvalue weighted by Crippen LogP contribution is 2.34. The van der Waals surface area contributed by atoms with Crippen molar-refractivity contribution in [1.82, 2.24) is 0 Å². The van der Waals surface area contributed by atoms with Crippen LogP contribution in [0.3, 0.4) is 0 Å². The van der Waals surface area contributed by atoms with Crippen molar-refractivity contribution in [3.63, 3.8) is 0 Å². The largest absolute Gasteiger partial charge is 0.363 e. The molecule has 1 aliphatic rings. The number of hydrogen-bond donors (Lipinski definition) is 0. The van der Waals surface area contributed by atoms with Crippen LogP contribution in [0.5, 0.6) is 0 Å². The third kappa shape index (κ3) is 3.26. The van der Waals surface area contributed by atoms with Gasteiger partial charge in [0.05, 0.1) is 4.92 Å². The molecule has 0 bridgehead atoms. The number of nitrogens with zero attached hydrogens (tertiary/aromatic N) is 2. The zero-order valence-electron chi connectivity index (χ0n) is 11.1. The molecule has 1 saturated carbocycles. The second-order valence-corrected chi connectivity index (χ2v) is 6.23. The second kappa shape index (κ2) is 6.37. The minimum atomic E-state index is -0.284. The molecule has 0 radical (unpaired) electrons. The van der Waals surface area contributed by atoms with Gasteiger partial charge in [0.2, 0.25) is 0 Å². The van der Waals surface area contributed by atoms with Crippen LogP contribution in [0.4, 0.5) is 11.4 Å². The molecule has 0 saturated heterocycles. The van der Waals surface area contributed by atoms with Gasteiger partial charge in [0.1, 0.15) is 5.69 Å². The maximum Gasteiger partial charge on any atom is 0.292 e. The Hall–Kier alpha value is -1.10. The number of alkyl halides is 1. The molecule has 1 aromatic rings. The standard InChI is InChI=1S/C14H19BrN2O2/c1-2-16(12-9-7-11(15)8-10-12)13-5-3-4-6-14(13)17(18)19/h3-6,11-12H,2,7-10H2,1H3. The molecule has 0 N–H and O–H groups in total. The number of nitro benzene ring substituents is 1. The van der Waals surface area contributed by atoms with Crippen molar-refractivity contribution < 1.29 is 4.92 Å². The summed E-state index contributed by atoms with van der Waals surface area (Å²) in [6.45, 7) is 2.87. The first-order chi connectivity index (χ1) is 9.13. The first-order valence-corrected chi connectivity index (χ1v) is 7.69. The zero-order valence-corrected chi connectivity index (χ0v) is 12.7. The lowest BCUT2D eigenvalue weighted by atomic mass is 9.93. The van der Waals surface area contributed by atoms with Crippen molar-refractivity contribution >= 4 is 27.3 Å². The molecule has 1 fully saturated rings. The molecule has 0 amide bonds. The molecule has 0 heterocycles. The van der Waals surface area contributed by atoms with E-state index < -0.39 is 0 Å². The van der Waals surface area contributed by atoms with Crippen LogP contribution in [-0.2, 0) is 0 Å². The van der Waals surface area contributed by atoms with E-state index in [-0.39, 0.29) is 10.6 Å². The number of nitro groups is 1. The average molecular weight is 327 g/mol. The Balaban J connectivity index is 2.24. The summed E-state index contributed by atoms with van der Waals surface area (Å²) >= 11 is 3.65. The van der Waals surface area contributed by atoms with Crippen molar-refractivity contribution in [1.29, 1.82) is 0 Å². The van der Waals surface area contributed by atoms with Gasteiger partial charge in [0.15, 0.2) is 0 Å². The Morgan fingerprint density at radius 3 is 2.53 bits per heavy atom. The number of para-hydroxylation sites is 2. The lowest BCUT2D eigenvalue weighted by Gasteiger charge is -2.36. The molecule has 0 unspecified atom stereocenters. The van der Waals surface area contributed by atoms with E-state index in [2.05, 4.69) is 27.8 Å². The van der Waals surface area contributed by atoms with E-state index in [9.17, 15) is 10.1 Å².